The number of hydrogen-bond acceptors (Lipinski definition) is 2. The zero-order valence-electron chi connectivity index (χ0n) is 12.9. The topological polar surface area (TPSA) is 32.8 Å². The van der Waals surface area contributed by atoms with Gasteiger partial charge < -0.3 is 14.5 Å². The summed E-state index contributed by atoms with van der Waals surface area (Å²) >= 11 is 0. The van der Waals surface area contributed by atoms with Gasteiger partial charge in [0.2, 0.25) is 0 Å². The number of ether oxygens (including phenoxy) is 1. The van der Waals surface area contributed by atoms with Gasteiger partial charge >= 0.3 is 6.03 Å². The Morgan fingerprint density at radius 3 is 2.17 bits per heavy atom. The predicted molar refractivity (Wildman–Crippen MR) is 73.6 cm³/mol. The van der Waals surface area contributed by atoms with Gasteiger partial charge in [-0.25, -0.2) is 4.79 Å². The summed E-state index contributed by atoms with van der Waals surface area (Å²) in [5, 5.41) is 0. The van der Waals surface area contributed by atoms with Crippen LogP contribution in [0.15, 0.2) is 0 Å². The lowest BCUT2D eigenvalue weighted by molar-refractivity contribution is -0.118. The van der Waals surface area contributed by atoms with Crippen molar-refractivity contribution >= 4 is 6.03 Å². The van der Waals surface area contributed by atoms with E-state index in [4.69, 9.17) is 4.74 Å². The van der Waals surface area contributed by atoms with Crippen LogP contribution in [0.5, 0.6) is 0 Å². The van der Waals surface area contributed by atoms with Gasteiger partial charge in [0.05, 0.1) is 5.60 Å². The molecule has 2 amide bonds. The summed E-state index contributed by atoms with van der Waals surface area (Å²) in [5.41, 5.74) is -0.132. The maximum atomic E-state index is 12.1. The second kappa shape index (κ2) is 5.47. The third-order valence-electron chi connectivity index (χ3n) is 4.63. The number of methoxy groups -OCH3 is 1. The lowest BCUT2D eigenvalue weighted by atomic mass is 9.75. The van der Waals surface area contributed by atoms with Crippen LogP contribution in [0.4, 0.5) is 4.79 Å². The summed E-state index contributed by atoms with van der Waals surface area (Å²) in [6, 6.07) is 0.374. The number of rotatable bonds is 4. The standard InChI is InChI=1S/C14H28N2O2/c1-10(2)14(5,18-7)12-8-16(9-12)13(17)15(6)11(3)4/h10-12H,8-9H2,1-7H3. The lowest BCUT2D eigenvalue weighted by Gasteiger charge is -2.51. The summed E-state index contributed by atoms with van der Waals surface area (Å²) in [6.07, 6.45) is 0. The molecular formula is C14H28N2O2. The van der Waals surface area contributed by atoms with Crippen LogP contribution in [-0.4, -0.2) is 54.7 Å². The third-order valence-corrected chi connectivity index (χ3v) is 4.63. The van der Waals surface area contributed by atoms with E-state index in [-0.39, 0.29) is 17.7 Å². The molecular weight excluding hydrogens is 228 g/mol. The number of amides is 2. The Hall–Kier alpha value is -0.770. The molecule has 0 aromatic rings. The van der Waals surface area contributed by atoms with E-state index >= 15 is 0 Å². The molecule has 4 heteroatoms. The molecule has 0 aromatic carbocycles. The van der Waals surface area contributed by atoms with E-state index in [1.54, 1.807) is 12.0 Å². The Bertz CT molecular complexity index is 298. The van der Waals surface area contributed by atoms with E-state index in [1.807, 2.05) is 25.8 Å². The van der Waals surface area contributed by atoms with Crippen LogP contribution >= 0.6 is 0 Å². The first-order chi connectivity index (χ1) is 8.24. The molecule has 1 fully saturated rings. The zero-order chi connectivity index (χ0) is 14.1. The van der Waals surface area contributed by atoms with Crippen molar-refractivity contribution in [3.05, 3.63) is 0 Å². The van der Waals surface area contributed by atoms with Crippen LogP contribution in [-0.2, 0) is 4.74 Å². The molecule has 0 aromatic heterocycles. The van der Waals surface area contributed by atoms with Crippen molar-refractivity contribution in [3.63, 3.8) is 0 Å². The van der Waals surface area contributed by atoms with Crippen molar-refractivity contribution in [2.24, 2.45) is 11.8 Å². The predicted octanol–water partition coefficient (Wildman–Crippen LogP) is 2.44. The first-order valence-corrected chi connectivity index (χ1v) is 6.80. The first kappa shape index (κ1) is 15.3. The number of carbonyl (C=O) groups excluding carboxylic acids is 1. The maximum absolute atomic E-state index is 12.1. The van der Waals surface area contributed by atoms with E-state index in [1.165, 1.54) is 0 Å². The highest BCUT2D eigenvalue weighted by Gasteiger charge is 2.46. The van der Waals surface area contributed by atoms with Gasteiger partial charge in [-0.1, -0.05) is 13.8 Å². The minimum absolute atomic E-state index is 0.128. The Morgan fingerprint density at radius 1 is 1.33 bits per heavy atom. The van der Waals surface area contributed by atoms with Crippen molar-refractivity contribution in [2.45, 2.75) is 46.3 Å². The molecule has 1 heterocycles. The van der Waals surface area contributed by atoms with Crippen LogP contribution < -0.4 is 0 Å². The average molecular weight is 256 g/mol. The molecule has 1 aliphatic rings. The number of nitrogens with zero attached hydrogens (tertiary/aromatic N) is 2. The van der Waals surface area contributed by atoms with Crippen LogP contribution in [0.1, 0.15) is 34.6 Å². The van der Waals surface area contributed by atoms with Gasteiger partial charge in [-0.15, -0.1) is 0 Å². The van der Waals surface area contributed by atoms with Crippen LogP contribution in [0.3, 0.4) is 0 Å². The lowest BCUT2D eigenvalue weighted by Crippen LogP contribution is -2.63. The van der Waals surface area contributed by atoms with Crippen molar-refractivity contribution in [1.29, 1.82) is 0 Å². The van der Waals surface area contributed by atoms with E-state index < -0.39 is 0 Å². The summed E-state index contributed by atoms with van der Waals surface area (Å²) < 4.78 is 5.69. The van der Waals surface area contributed by atoms with E-state index in [2.05, 4.69) is 20.8 Å². The van der Waals surface area contributed by atoms with E-state index in [0.29, 0.717) is 11.8 Å². The fraction of sp³-hybridized carbons (Fsp3) is 0.929. The number of likely N-dealkylation sites (tertiary alicyclic amines) is 1. The van der Waals surface area contributed by atoms with Gasteiger partial charge in [0, 0.05) is 39.2 Å². The molecule has 0 saturated carbocycles. The smallest absolute Gasteiger partial charge is 0.319 e. The highest BCUT2D eigenvalue weighted by molar-refractivity contribution is 5.75. The van der Waals surface area contributed by atoms with E-state index in [9.17, 15) is 4.79 Å². The average Bonchev–Trinajstić information content (AvgIpc) is 2.24. The normalized spacial score (nSPS) is 19.9. The zero-order valence-corrected chi connectivity index (χ0v) is 12.9. The molecule has 1 aliphatic heterocycles. The van der Waals surface area contributed by atoms with Gasteiger partial charge in [-0.2, -0.15) is 0 Å². The third kappa shape index (κ3) is 2.63. The molecule has 0 aliphatic carbocycles. The molecule has 1 atom stereocenters. The number of hydrogen-bond donors (Lipinski definition) is 0. The van der Waals surface area contributed by atoms with Gasteiger partial charge in [0.25, 0.3) is 0 Å². The largest absolute Gasteiger partial charge is 0.378 e. The van der Waals surface area contributed by atoms with Gasteiger partial charge in [0.1, 0.15) is 0 Å². The quantitative estimate of drug-likeness (QED) is 0.774. The molecule has 1 rings (SSSR count). The molecule has 18 heavy (non-hydrogen) atoms. The number of carbonyl (C=O) groups is 1. The highest BCUT2D eigenvalue weighted by atomic mass is 16.5. The van der Waals surface area contributed by atoms with Crippen LogP contribution in [0.25, 0.3) is 0 Å². The molecule has 0 spiro atoms. The second-order valence-corrected chi connectivity index (χ2v) is 6.13. The van der Waals surface area contributed by atoms with E-state index in [0.717, 1.165) is 13.1 Å². The second-order valence-electron chi connectivity index (χ2n) is 6.13. The summed E-state index contributed by atoms with van der Waals surface area (Å²) in [4.78, 5) is 15.8. The maximum Gasteiger partial charge on any atom is 0.319 e. The summed E-state index contributed by atoms with van der Waals surface area (Å²) in [7, 11) is 3.63. The fourth-order valence-corrected chi connectivity index (χ4v) is 2.32. The first-order valence-electron chi connectivity index (χ1n) is 6.80. The molecule has 0 bridgehead atoms. The summed E-state index contributed by atoms with van der Waals surface area (Å²) in [6.45, 7) is 12.2. The van der Waals surface area contributed by atoms with Crippen molar-refractivity contribution in [1.82, 2.24) is 9.80 Å². The molecule has 106 valence electrons. The van der Waals surface area contributed by atoms with Gasteiger partial charge in [0.15, 0.2) is 0 Å². The van der Waals surface area contributed by atoms with Crippen molar-refractivity contribution in [3.8, 4) is 0 Å². The molecule has 1 unspecified atom stereocenters. The minimum atomic E-state index is -0.132. The Morgan fingerprint density at radius 2 is 1.83 bits per heavy atom. The van der Waals surface area contributed by atoms with Crippen LogP contribution in [0.2, 0.25) is 0 Å². The number of urea groups is 1. The highest BCUT2D eigenvalue weighted by Crippen LogP contribution is 2.36. The SMILES string of the molecule is COC(C)(C(C)C)C1CN(C(=O)N(C)C(C)C)C1. The molecule has 4 nitrogen and oxygen atoms in total. The Balaban J connectivity index is 2.56. The van der Waals surface area contributed by atoms with Crippen molar-refractivity contribution in [2.75, 3.05) is 27.2 Å². The molecule has 0 radical (unpaired) electrons. The fourth-order valence-electron chi connectivity index (χ4n) is 2.32. The monoisotopic (exact) mass is 256 g/mol. The minimum Gasteiger partial charge on any atom is -0.378 e. The van der Waals surface area contributed by atoms with Gasteiger partial charge in [-0.3, -0.25) is 0 Å². The Labute approximate surface area is 111 Å². The molecule has 1 saturated heterocycles. The van der Waals surface area contributed by atoms with Crippen LogP contribution in [0, 0.1) is 11.8 Å². The summed E-state index contributed by atoms with van der Waals surface area (Å²) in [5.74, 6) is 0.889. The molecule has 0 N–H and O–H groups in total. The van der Waals surface area contributed by atoms with Gasteiger partial charge in [-0.05, 0) is 26.7 Å². The Kier molecular flexibility index (Phi) is 4.65. The van der Waals surface area contributed by atoms with Crippen molar-refractivity contribution < 1.29 is 9.53 Å².